The second-order valence-corrected chi connectivity index (χ2v) is 5.97. The van der Waals surface area contributed by atoms with E-state index in [9.17, 15) is 18.0 Å². The fourth-order valence-corrected chi connectivity index (χ4v) is 2.94. The van der Waals surface area contributed by atoms with Crippen LogP contribution in [0, 0.1) is 12.3 Å². The van der Waals surface area contributed by atoms with Gasteiger partial charge in [-0.15, -0.1) is 0 Å². The molecule has 3 rings (SSSR count). The number of alkyl halides is 3. The van der Waals surface area contributed by atoms with Gasteiger partial charge in [0.1, 0.15) is 5.69 Å². The Labute approximate surface area is 119 Å². The predicted molar refractivity (Wildman–Crippen MR) is 67.3 cm³/mol. The number of hydrogen-bond donors (Lipinski definition) is 2. The predicted octanol–water partition coefficient (Wildman–Crippen LogP) is 1.41. The van der Waals surface area contributed by atoms with Gasteiger partial charge in [0.25, 0.3) is 5.91 Å². The first kappa shape index (κ1) is 14.2. The normalized spacial score (nSPS) is 30.9. The zero-order valence-corrected chi connectivity index (χ0v) is 11.4. The monoisotopic (exact) mass is 300 g/mol. The first-order valence-electron chi connectivity index (χ1n) is 6.69. The molecular weight excluding hydrogens is 285 g/mol. The maximum atomic E-state index is 12.7. The molecule has 1 heterocycles. The van der Waals surface area contributed by atoms with Crippen molar-refractivity contribution in [3.63, 3.8) is 0 Å². The fourth-order valence-electron chi connectivity index (χ4n) is 2.94. The van der Waals surface area contributed by atoms with E-state index in [1.54, 1.807) is 0 Å². The highest BCUT2D eigenvalue weighted by atomic mass is 19.4. The van der Waals surface area contributed by atoms with E-state index in [1.165, 1.54) is 6.92 Å². The number of aryl methyl sites for hydroxylation is 1. The first-order chi connectivity index (χ1) is 9.69. The van der Waals surface area contributed by atoms with Crippen LogP contribution in [-0.4, -0.2) is 28.0 Å². The van der Waals surface area contributed by atoms with Crippen LogP contribution in [0.1, 0.15) is 41.3 Å². The summed E-state index contributed by atoms with van der Waals surface area (Å²) in [4.78, 5) is 19.0. The molecule has 3 N–H and O–H groups in total. The molecule has 8 heteroatoms. The molecule has 0 radical (unpaired) electrons. The van der Waals surface area contributed by atoms with E-state index in [0.29, 0.717) is 0 Å². The van der Waals surface area contributed by atoms with Crippen molar-refractivity contribution in [2.45, 2.75) is 44.4 Å². The summed E-state index contributed by atoms with van der Waals surface area (Å²) >= 11 is 0. The van der Waals surface area contributed by atoms with E-state index in [2.05, 4.69) is 15.3 Å². The van der Waals surface area contributed by atoms with Crippen LogP contribution in [0.3, 0.4) is 0 Å². The summed E-state index contributed by atoms with van der Waals surface area (Å²) < 4.78 is 38.0. The Hall–Kier alpha value is -1.70. The lowest BCUT2D eigenvalue weighted by molar-refractivity contribution is -0.141. The van der Waals surface area contributed by atoms with Crippen LogP contribution in [-0.2, 0) is 6.18 Å². The molecule has 21 heavy (non-hydrogen) atoms. The molecule has 2 fully saturated rings. The average molecular weight is 300 g/mol. The Kier molecular flexibility index (Phi) is 2.98. The van der Waals surface area contributed by atoms with Gasteiger partial charge in [0.05, 0.1) is 0 Å². The lowest BCUT2D eigenvalue weighted by atomic mass is 9.76. The molecular formula is C13H15F3N4O. The highest BCUT2D eigenvalue weighted by molar-refractivity contribution is 5.90. The molecule has 1 unspecified atom stereocenters. The van der Waals surface area contributed by atoms with Gasteiger partial charge < -0.3 is 11.1 Å². The second-order valence-electron chi connectivity index (χ2n) is 5.97. The number of aromatic nitrogens is 2. The minimum absolute atomic E-state index is 0.0514. The Morgan fingerprint density at radius 1 is 1.38 bits per heavy atom. The Morgan fingerprint density at radius 2 is 2.00 bits per heavy atom. The van der Waals surface area contributed by atoms with E-state index in [1.807, 2.05) is 0 Å². The number of halogens is 3. The number of nitrogens with two attached hydrogens (primary N) is 1. The van der Waals surface area contributed by atoms with Crippen LogP contribution in [0.2, 0.25) is 0 Å². The summed E-state index contributed by atoms with van der Waals surface area (Å²) in [6.45, 7) is 1.40. The van der Waals surface area contributed by atoms with Crippen molar-refractivity contribution in [1.82, 2.24) is 15.3 Å². The van der Waals surface area contributed by atoms with Gasteiger partial charge in [-0.1, -0.05) is 0 Å². The lowest BCUT2D eigenvalue weighted by Gasteiger charge is -2.36. The van der Waals surface area contributed by atoms with Gasteiger partial charge in [-0.3, -0.25) is 4.79 Å². The quantitative estimate of drug-likeness (QED) is 0.865. The van der Waals surface area contributed by atoms with Gasteiger partial charge in [0.15, 0.2) is 0 Å². The average Bonchev–Trinajstić information content (AvgIpc) is 2.98. The molecule has 1 aromatic heterocycles. The summed E-state index contributed by atoms with van der Waals surface area (Å²) in [5.41, 5.74) is 4.95. The summed E-state index contributed by atoms with van der Waals surface area (Å²) in [7, 11) is 0. The molecule has 1 aromatic rings. The van der Waals surface area contributed by atoms with Crippen LogP contribution in [0.15, 0.2) is 6.07 Å². The zero-order valence-electron chi connectivity index (χ0n) is 11.4. The highest BCUT2D eigenvalue weighted by Crippen LogP contribution is 2.59. The third-order valence-electron chi connectivity index (χ3n) is 4.24. The van der Waals surface area contributed by atoms with E-state index < -0.39 is 23.6 Å². The van der Waals surface area contributed by atoms with Crippen molar-refractivity contribution in [2.24, 2.45) is 11.1 Å². The summed E-state index contributed by atoms with van der Waals surface area (Å²) in [5, 5.41) is 2.67. The maximum absolute atomic E-state index is 12.7. The minimum atomic E-state index is -4.59. The summed E-state index contributed by atoms with van der Waals surface area (Å²) in [6, 6.07) is 0.959. The summed E-state index contributed by atoms with van der Waals surface area (Å²) in [5.74, 6) is -1.11. The van der Waals surface area contributed by atoms with Crippen LogP contribution >= 0.6 is 0 Å². The number of hydrogen-bond acceptors (Lipinski definition) is 4. The SMILES string of the molecule is Cc1cc(C(F)(F)F)nc(C(=O)NC2CC3(C2)CC3N)n1. The van der Waals surface area contributed by atoms with E-state index in [4.69, 9.17) is 5.73 Å². The Morgan fingerprint density at radius 3 is 2.52 bits per heavy atom. The maximum Gasteiger partial charge on any atom is 0.433 e. The van der Waals surface area contributed by atoms with Crippen molar-refractivity contribution < 1.29 is 18.0 Å². The number of amides is 1. The molecule has 2 aliphatic rings. The molecule has 5 nitrogen and oxygen atoms in total. The molecule has 1 atom stereocenters. The van der Waals surface area contributed by atoms with Crippen molar-refractivity contribution in [1.29, 1.82) is 0 Å². The van der Waals surface area contributed by atoms with Gasteiger partial charge in [0, 0.05) is 17.8 Å². The lowest BCUT2D eigenvalue weighted by Crippen LogP contribution is -2.47. The van der Waals surface area contributed by atoms with Crippen LogP contribution < -0.4 is 11.1 Å². The van der Waals surface area contributed by atoms with Crippen molar-refractivity contribution in [2.75, 3.05) is 0 Å². The molecule has 0 bridgehead atoms. The minimum Gasteiger partial charge on any atom is -0.347 e. The topological polar surface area (TPSA) is 80.9 Å². The number of nitrogens with zero attached hydrogens (tertiary/aromatic N) is 2. The largest absolute Gasteiger partial charge is 0.433 e. The number of carbonyl (C=O) groups is 1. The first-order valence-corrected chi connectivity index (χ1v) is 6.69. The van der Waals surface area contributed by atoms with Crippen LogP contribution in [0.25, 0.3) is 0 Å². The molecule has 0 aliphatic heterocycles. The summed E-state index contributed by atoms with van der Waals surface area (Å²) in [6.07, 6.45) is -2.09. The molecule has 2 aliphatic carbocycles. The number of carbonyl (C=O) groups excluding carboxylic acids is 1. The molecule has 114 valence electrons. The molecule has 1 amide bonds. The van der Waals surface area contributed by atoms with Gasteiger partial charge in [0.2, 0.25) is 5.82 Å². The molecule has 2 saturated carbocycles. The Balaban J connectivity index is 1.69. The van der Waals surface area contributed by atoms with Crippen LogP contribution in [0.5, 0.6) is 0 Å². The highest BCUT2D eigenvalue weighted by Gasteiger charge is 2.60. The molecule has 1 spiro atoms. The van der Waals surface area contributed by atoms with Crippen molar-refractivity contribution >= 4 is 5.91 Å². The second kappa shape index (κ2) is 4.40. The van der Waals surface area contributed by atoms with Crippen molar-refractivity contribution in [3.05, 3.63) is 23.3 Å². The van der Waals surface area contributed by atoms with Crippen LogP contribution in [0.4, 0.5) is 13.2 Å². The number of nitrogens with one attached hydrogen (secondary N) is 1. The van der Waals surface area contributed by atoms with Gasteiger partial charge >= 0.3 is 6.18 Å². The number of rotatable bonds is 2. The standard InChI is InChI=1S/C13H15F3N4O/c1-6-2-9(13(14,15)16)20-10(18-6)11(21)19-7-3-12(4-7)5-8(12)17/h2,7-8H,3-5,17H2,1H3,(H,19,21). The van der Waals surface area contributed by atoms with Gasteiger partial charge in [-0.2, -0.15) is 13.2 Å². The Bertz CT molecular complexity index is 596. The fraction of sp³-hybridized carbons (Fsp3) is 0.615. The third kappa shape index (κ3) is 2.59. The van der Waals surface area contributed by atoms with E-state index >= 15 is 0 Å². The zero-order chi connectivity index (χ0) is 15.4. The smallest absolute Gasteiger partial charge is 0.347 e. The molecule has 0 aromatic carbocycles. The third-order valence-corrected chi connectivity index (χ3v) is 4.24. The van der Waals surface area contributed by atoms with Crippen molar-refractivity contribution in [3.8, 4) is 0 Å². The van der Waals surface area contributed by atoms with Gasteiger partial charge in [-0.05, 0) is 37.7 Å². The van der Waals surface area contributed by atoms with E-state index in [-0.39, 0.29) is 23.2 Å². The van der Waals surface area contributed by atoms with Gasteiger partial charge in [-0.25, -0.2) is 9.97 Å². The molecule has 0 saturated heterocycles. The van der Waals surface area contributed by atoms with E-state index in [0.717, 1.165) is 25.3 Å².